The van der Waals surface area contributed by atoms with Crippen molar-refractivity contribution in [3.8, 4) is 0 Å². The number of likely N-dealkylation sites (tertiary alicyclic amines) is 1. The molecule has 136 valence electrons. The Hall–Kier alpha value is -2.02. The molecule has 0 atom stereocenters. The van der Waals surface area contributed by atoms with Crippen LogP contribution in [-0.2, 0) is 9.59 Å². The minimum absolute atomic E-state index is 0.0449. The second-order valence-corrected chi connectivity index (χ2v) is 8.46. The van der Waals surface area contributed by atoms with Crippen LogP contribution in [0.5, 0.6) is 0 Å². The molecule has 1 saturated heterocycles. The number of carbonyl (C=O) groups is 2. The lowest BCUT2D eigenvalue weighted by molar-refractivity contribution is -0.131. The van der Waals surface area contributed by atoms with Crippen LogP contribution in [0.1, 0.15) is 16.2 Å². The van der Waals surface area contributed by atoms with Crippen LogP contribution in [0, 0.1) is 0 Å². The van der Waals surface area contributed by atoms with Gasteiger partial charge in [0.25, 0.3) is 0 Å². The molecular formula is C20H22N2O2S2. The first-order valence-corrected chi connectivity index (χ1v) is 10.2. The minimum atomic E-state index is 0.0449. The molecular weight excluding hydrogens is 364 g/mol. The standard InChI is InChI=1S/C20H22N2O2S2/c1-21(2)8-7-19(23)22-13-15(11-17-5-3-9-25-17)20(24)16(14-22)12-18-6-4-10-26-18/h3-6,9-12H,7-8,13-14H2,1-2H3/b15-11+,16-12+. The summed E-state index contributed by atoms with van der Waals surface area (Å²) < 4.78 is 0. The van der Waals surface area contributed by atoms with Crippen LogP contribution in [0.15, 0.2) is 46.2 Å². The molecule has 0 aliphatic carbocycles. The Morgan fingerprint density at radius 2 is 1.62 bits per heavy atom. The van der Waals surface area contributed by atoms with Gasteiger partial charge in [0.05, 0.1) is 0 Å². The largest absolute Gasteiger partial charge is 0.334 e. The maximum atomic E-state index is 12.9. The highest BCUT2D eigenvalue weighted by Gasteiger charge is 2.29. The Morgan fingerprint density at radius 3 is 2.04 bits per heavy atom. The van der Waals surface area contributed by atoms with Crippen LogP contribution in [0.2, 0.25) is 0 Å². The Balaban J connectivity index is 1.87. The van der Waals surface area contributed by atoms with E-state index < -0.39 is 0 Å². The summed E-state index contributed by atoms with van der Waals surface area (Å²) in [6.45, 7) is 1.47. The molecule has 2 aromatic rings. The summed E-state index contributed by atoms with van der Waals surface area (Å²) in [7, 11) is 3.91. The van der Waals surface area contributed by atoms with Crippen molar-refractivity contribution in [3.63, 3.8) is 0 Å². The summed E-state index contributed by atoms with van der Waals surface area (Å²) >= 11 is 3.19. The van der Waals surface area contributed by atoms with Gasteiger partial charge in [0.2, 0.25) is 5.91 Å². The molecule has 0 spiro atoms. The maximum Gasteiger partial charge on any atom is 0.224 e. The third kappa shape index (κ3) is 4.78. The van der Waals surface area contributed by atoms with Gasteiger partial charge in [0, 0.05) is 47.0 Å². The fourth-order valence-corrected chi connectivity index (χ4v) is 4.15. The molecule has 1 fully saturated rings. The van der Waals surface area contributed by atoms with Crippen LogP contribution < -0.4 is 0 Å². The number of hydrogen-bond acceptors (Lipinski definition) is 5. The molecule has 2 aromatic heterocycles. The van der Waals surface area contributed by atoms with Crippen molar-refractivity contribution in [2.75, 3.05) is 33.7 Å². The molecule has 0 aromatic carbocycles. The average Bonchev–Trinajstić information content (AvgIpc) is 3.30. The van der Waals surface area contributed by atoms with E-state index >= 15 is 0 Å². The first-order chi connectivity index (χ1) is 12.5. The molecule has 3 rings (SSSR count). The highest BCUT2D eigenvalue weighted by Crippen LogP contribution is 2.25. The van der Waals surface area contributed by atoms with E-state index in [1.807, 2.05) is 66.2 Å². The zero-order chi connectivity index (χ0) is 18.5. The number of nitrogens with zero attached hydrogens (tertiary/aromatic N) is 2. The lowest BCUT2D eigenvalue weighted by Gasteiger charge is -2.30. The number of ketones is 1. The van der Waals surface area contributed by atoms with Crippen LogP contribution >= 0.6 is 22.7 Å². The highest BCUT2D eigenvalue weighted by molar-refractivity contribution is 7.11. The normalized spacial score (nSPS) is 18.3. The fourth-order valence-electron chi connectivity index (χ4n) is 2.78. The molecule has 1 aliphatic rings. The zero-order valence-corrected chi connectivity index (χ0v) is 16.6. The van der Waals surface area contributed by atoms with Crippen LogP contribution in [0.4, 0.5) is 0 Å². The van der Waals surface area contributed by atoms with Crippen molar-refractivity contribution >= 4 is 46.5 Å². The maximum absolute atomic E-state index is 12.9. The summed E-state index contributed by atoms with van der Waals surface area (Å²) in [5.41, 5.74) is 1.36. The third-order valence-corrected chi connectivity index (χ3v) is 5.79. The Labute approximate surface area is 162 Å². The van der Waals surface area contributed by atoms with Crippen molar-refractivity contribution in [1.82, 2.24) is 9.80 Å². The van der Waals surface area contributed by atoms with Crippen molar-refractivity contribution in [2.24, 2.45) is 0 Å². The lowest BCUT2D eigenvalue weighted by Crippen LogP contribution is -2.42. The predicted octanol–water partition coefficient (Wildman–Crippen LogP) is 3.64. The number of rotatable bonds is 5. The second-order valence-electron chi connectivity index (χ2n) is 6.50. The van der Waals surface area contributed by atoms with Crippen LogP contribution in [-0.4, -0.2) is 55.2 Å². The van der Waals surface area contributed by atoms with E-state index in [-0.39, 0.29) is 11.7 Å². The number of amides is 1. The van der Waals surface area contributed by atoms with Gasteiger partial charge in [-0.25, -0.2) is 0 Å². The molecule has 1 amide bonds. The van der Waals surface area contributed by atoms with E-state index in [9.17, 15) is 9.59 Å². The second kappa shape index (κ2) is 8.58. The Morgan fingerprint density at radius 1 is 1.08 bits per heavy atom. The minimum Gasteiger partial charge on any atom is -0.334 e. The molecule has 0 radical (unpaired) electrons. The van der Waals surface area contributed by atoms with Gasteiger partial charge in [-0.2, -0.15) is 0 Å². The lowest BCUT2D eigenvalue weighted by atomic mass is 9.96. The van der Waals surface area contributed by atoms with Crippen LogP contribution in [0.25, 0.3) is 12.2 Å². The topological polar surface area (TPSA) is 40.6 Å². The van der Waals surface area contributed by atoms with Crippen molar-refractivity contribution in [3.05, 3.63) is 55.9 Å². The molecule has 0 saturated carbocycles. The monoisotopic (exact) mass is 386 g/mol. The summed E-state index contributed by atoms with van der Waals surface area (Å²) in [5.74, 6) is 0.129. The van der Waals surface area contributed by atoms with Crippen molar-refractivity contribution in [2.45, 2.75) is 6.42 Å². The van der Waals surface area contributed by atoms with Gasteiger partial charge < -0.3 is 9.80 Å². The van der Waals surface area contributed by atoms with E-state index in [0.717, 1.165) is 9.75 Å². The van der Waals surface area contributed by atoms with Crippen LogP contribution in [0.3, 0.4) is 0 Å². The first-order valence-electron chi connectivity index (χ1n) is 8.48. The van der Waals surface area contributed by atoms with Gasteiger partial charge in [-0.1, -0.05) is 12.1 Å². The third-order valence-electron chi connectivity index (χ3n) is 4.15. The molecule has 6 heteroatoms. The van der Waals surface area contributed by atoms with Gasteiger partial charge in [-0.05, 0) is 49.1 Å². The quantitative estimate of drug-likeness (QED) is 0.737. The van der Waals surface area contributed by atoms with E-state index in [1.54, 1.807) is 27.6 Å². The molecule has 0 N–H and O–H groups in total. The number of Topliss-reactive ketones (excluding diaryl/α,β-unsaturated/α-hetero) is 1. The van der Waals surface area contributed by atoms with Crippen molar-refractivity contribution in [1.29, 1.82) is 0 Å². The highest BCUT2D eigenvalue weighted by atomic mass is 32.1. The van der Waals surface area contributed by atoms with E-state index in [0.29, 0.717) is 37.2 Å². The number of thiophene rings is 2. The fraction of sp³-hybridized carbons (Fsp3) is 0.300. The summed E-state index contributed by atoms with van der Waals surface area (Å²) in [4.78, 5) is 31.4. The average molecular weight is 387 g/mol. The van der Waals surface area contributed by atoms with Gasteiger partial charge in [-0.3, -0.25) is 9.59 Å². The Bertz CT molecular complexity index is 762. The molecule has 3 heterocycles. The molecule has 0 bridgehead atoms. The first kappa shape index (κ1) is 18.8. The van der Waals surface area contributed by atoms with Gasteiger partial charge >= 0.3 is 0 Å². The smallest absolute Gasteiger partial charge is 0.224 e. The summed E-state index contributed by atoms with van der Waals surface area (Å²) in [5, 5.41) is 3.98. The summed E-state index contributed by atoms with van der Waals surface area (Å²) in [6, 6.07) is 7.90. The molecule has 0 unspecified atom stereocenters. The Kier molecular flexibility index (Phi) is 6.19. The zero-order valence-electron chi connectivity index (χ0n) is 15.0. The van der Waals surface area contributed by atoms with Gasteiger partial charge in [0.1, 0.15) is 0 Å². The molecule has 4 nitrogen and oxygen atoms in total. The van der Waals surface area contributed by atoms with E-state index in [4.69, 9.17) is 0 Å². The molecule has 1 aliphatic heterocycles. The molecule has 26 heavy (non-hydrogen) atoms. The predicted molar refractivity (Wildman–Crippen MR) is 109 cm³/mol. The van der Waals surface area contributed by atoms with Gasteiger partial charge in [-0.15, -0.1) is 22.7 Å². The number of piperidine rings is 1. The number of hydrogen-bond donors (Lipinski definition) is 0. The van der Waals surface area contributed by atoms with E-state index in [2.05, 4.69) is 0 Å². The van der Waals surface area contributed by atoms with Gasteiger partial charge in [0.15, 0.2) is 5.78 Å². The summed E-state index contributed by atoms with van der Waals surface area (Å²) in [6.07, 6.45) is 4.29. The van der Waals surface area contributed by atoms with Crippen molar-refractivity contribution < 1.29 is 9.59 Å². The SMILES string of the molecule is CN(C)CCC(=O)N1C/C(=C\c2cccs2)C(=O)/C(=C/c2cccs2)C1. The van der Waals surface area contributed by atoms with E-state index in [1.165, 1.54) is 0 Å². The number of carbonyl (C=O) groups excluding carboxylic acids is 2.